The average molecular weight is 399 g/mol. The van der Waals surface area contributed by atoms with Crippen LogP contribution in [0.15, 0.2) is 73.1 Å². The number of hydrogen-bond acceptors (Lipinski definition) is 3. The number of rotatable bonds is 6. The summed E-state index contributed by atoms with van der Waals surface area (Å²) in [6, 6.07) is 19.6. The van der Waals surface area contributed by atoms with Crippen LogP contribution in [-0.2, 0) is 18.3 Å². The highest BCUT2D eigenvalue weighted by molar-refractivity contribution is 5.80. The molecule has 0 saturated carbocycles. The Kier molecular flexibility index (Phi) is 5.48. The molecule has 0 spiro atoms. The third-order valence-electron chi connectivity index (χ3n) is 5.33. The van der Waals surface area contributed by atoms with E-state index >= 15 is 0 Å². The molecule has 2 aromatic heterocycles. The smallest absolute Gasteiger partial charge is 0.225 e. The second-order valence-electron chi connectivity index (χ2n) is 7.38. The minimum absolute atomic E-state index is 0.0642. The summed E-state index contributed by atoms with van der Waals surface area (Å²) in [5.41, 5.74) is 4.76. The first-order chi connectivity index (χ1) is 14.5. The fraction of sp³-hybridized carbons (Fsp3) is 0.208. The van der Waals surface area contributed by atoms with E-state index in [0.29, 0.717) is 0 Å². The molecule has 0 radical (unpaired) electrons. The zero-order chi connectivity index (χ0) is 21.1. The molecule has 1 amide bonds. The Morgan fingerprint density at radius 3 is 2.33 bits per heavy atom. The maximum Gasteiger partial charge on any atom is 0.225 e. The normalized spacial score (nSPS) is 12.0. The lowest BCUT2D eigenvalue weighted by Gasteiger charge is -2.19. The first-order valence-corrected chi connectivity index (χ1v) is 9.96. The van der Waals surface area contributed by atoms with Crippen LogP contribution in [0.25, 0.3) is 5.69 Å². The molecule has 0 bridgehead atoms. The van der Waals surface area contributed by atoms with E-state index < -0.39 is 0 Å². The van der Waals surface area contributed by atoms with Crippen molar-refractivity contribution in [2.24, 2.45) is 7.05 Å². The molecular formula is C24H25N5O. The molecule has 2 aromatic carbocycles. The van der Waals surface area contributed by atoms with Crippen molar-refractivity contribution in [3.8, 4) is 5.69 Å². The number of nitrogens with one attached hydrogen (secondary N) is 1. The average Bonchev–Trinajstić information content (AvgIpc) is 3.31. The predicted molar refractivity (Wildman–Crippen MR) is 116 cm³/mol. The van der Waals surface area contributed by atoms with Crippen LogP contribution in [0.2, 0.25) is 0 Å². The number of carbonyl (C=O) groups excluding carboxylic acids is 1. The topological polar surface area (TPSA) is 64.7 Å². The second-order valence-corrected chi connectivity index (χ2v) is 7.38. The van der Waals surface area contributed by atoms with Crippen molar-refractivity contribution in [1.29, 1.82) is 0 Å². The summed E-state index contributed by atoms with van der Waals surface area (Å²) >= 11 is 0. The van der Waals surface area contributed by atoms with Gasteiger partial charge in [0.1, 0.15) is 11.9 Å². The van der Waals surface area contributed by atoms with Crippen molar-refractivity contribution in [2.45, 2.75) is 26.3 Å². The molecule has 30 heavy (non-hydrogen) atoms. The van der Waals surface area contributed by atoms with Crippen LogP contribution in [0.5, 0.6) is 0 Å². The molecule has 0 aliphatic carbocycles. The van der Waals surface area contributed by atoms with Gasteiger partial charge in [-0.2, -0.15) is 5.10 Å². The highest BCUT2D eigenvalue weighted by atomic mass is 16.1. The number of amides is 1. The number of nitrogens with zero attached hydrogens (tertiary/aromatic N) is 4. The Bertz CT molecular complexity index is 1150. The van der Waals surface area contributed by atoms with Gasteiger partial charge < -0.3 is 9.88 Å². The molecule has 2 heterocycles. The van der Waals surface area contributed by atoms with Gasteiger partial charge in [0.05, 0.1) is 17.8 Å². The number of aryl methyl sites for hydroxylation is 2. The molecule has 0 aliphatic heterocycles. The lowest BCUT2D eigenvalue weighted by Crippen LogP contribution is -2.32. The van der Waals surface area contributed by atoms with Crippen molar-refractivity contribution in [1.82, 2.24) is 24.6 Å². The highest BCUT2D eigenvalue weighted by Crippen LogP contribution is 2.22. The van der Waals surface area contributed by atoms with Gasteiger partial charge in [0, 0.05) is 30.7 Å². The minimum atomic E-state index is -0.316. The van der Waals surface area contributed by atoms with Crippen molar-refractivity contribution in [3.63, 3.8) is 0 Å². The van der Waals surface area contributed by atoms with Gasteiger partial charge in [-0.15, -0.1) is 0 Å². The van der Waals surface area contributed by atoms with Crippen LogP contribution >= 0.6 is 0 Å². The molecule has 1 atom stereocenters. The van der Waals surface area contributed by atoms with Crippen molar-refractivity contribution < 1.29 is 4.79 Å². The molecule has 4 rings (SSSR count). The molecule has 0 aliphatic rings. The lowest BCUT2D eigenvalue weighted by atomic mass is 10.0. The van der Waals surface area contributed by atoms with E-state index in [9.17, 15) is 4.79 Å². The van der Waals surface area contributed by atoms with E-state index in [-0.39, 0.29) is 18.4 Å². The summed E-state index contributed by atoms with van der Waals surface area (Å²) in [7, 11) is 1.93. The second kappa shape index (κ2) is 8.37. The van der Waals surface area contributed by atoms with Crippen molar-refractivity contribution in [2.75, 3.05) is 0 Å². The first-order valence-electron chi connectivity index (χ1n) is 9.96. The molecule has 4 aromatic rings. The monoisotopic (exact) mass is 399 g/mol. The van der Waals surface area contributed by atoms with E-state index in [4.69, 9.17) is 0 Å². The first kappa shape index (κ1) is 19.6. The van der Waals surface area contributed by atoms with Crippen LogP contribution in [0.1, 0.15) is 34.4 Å². The summed E-state index contributed by atoms with van der Waals surface area (Å²) in [6.07, 6.45) is 3.89. The van der Waals surface area contributed by atoms with Gasteiger partial charge in [0.25, 0.3) is 0 Å². The standard InChI is InChI=1S/C24H25N5O/c1-17-21(18(2)29(27-17)20-12-8-5-9-13-20)16-22(30)26-23(19-10-6-4-7-11-19)24-25-14-15-28(24)3/h4-15,23H,16H2,1-3H3,(H,26,30). The van der Waals surface area contributed by atoms with Crippen LogP contribution in [0, 0.1) is 13.8 Å². The lowest BCUT2D eigenvalue weighted by molar-refractivity contribution is -0.121. The maximum atomic E-state index is 13.1. The van der Waals surface area contributed by atoms with E-state index in [1.165, 1.54) is 0 Å². The molecular weight excluding hydrogens is 374 g/mol. The summed E-state index contributed by atoms with van der Waals surface area (Å²) in [5.74, 6) is 0.730. The quantitative estimate of drug-likeness (QED) is 0.538. The number of imidazole rings is 1. The van der Waals surface area contributed by atoms with Gasteiger partial charge in [-0.3, -0.25) is 4.79 Å². The van der Waals surface area contributed by atoms with Gasteiger partial charge >= 0.3 is 0 Å². The molecule has 0 saturated heterocycles. The Hall–Kier alpha value is -3.67. The highest BCUT2D eigenvalue weighted by Gasteiger charge is 2.22. The van der Waals surface area contributed by atoms with Crippen LogP contribution < -0.4 is 5.32 Å². The molecule has 1 N–H and O–H groups in total. The Morgan fingerprint density at radius 2 is 1.70 bits per heavy atom. The van der Waals surface area contributed by atoms with Crippen molar-refractivity contribution >= 4 is 5.91 Å². The zero-order valence-electron chi connectivity index (χ0n) is 17.4. The number of para-hydroxylation sites is 1. The summed E-state index contributed by atoms with van der Waals surface area (Å²) in [5, 5.41) is 7.82. The molecule has 6 nitrogen and oxygen atoms in total. The van der Waals surface area contributed by atoms with Crippen molar-refractivity contribution in [3.05, 3.63) is 101 Å². The van der Waals surface area contributed by atoms with Gasteiger partial charge in [0.2, 0.25) is 5.91 Å². The van der Waals surface area contributed by atoms with E-state index in [2.05, 4.69) is 15.4 Å². The fourth-order valence-electron chi connectivity index (χ4n) is 3.72. The summed E-state index contributed by atoms with van der Waals surface area (Å²) < 4.78 is 3.83. The van der Waals surface area contributed by atoms with Gasteiger partial charge in [0.15, 0.2) is 0 Å². The SMILES string of the molecule is Cc1nn(-c2ccccc2)c(C)c1CC(=O)NC(c1ccccc1)c1nccn1C. The van der Waals surface area contributed by atoms with E-state index in [1.807, 2.05) is 97.0 Å². The Balaban J connectivity index is 1.59. The van der Waals surface area contributed by atoms with E-state index in [1.54, 1.807) is 6.20 Å². The molecule has 6 heteroatoms. The molecule has 1 unspecified atom stereocenters. The summed E-state index contributed by atoms with van der Waals surface area (Å²) in [6.45, 7) is 3.95. The zero-order valence-corrected chi connectivity index (χ0v) is 17.4. The Labute approximate surface area is 176 Å². The maximum absolute atomic E-state index is 13.1. The van der Waals surface area contributed by atoms with Gasteiger partial charge in [-0.1, -0.05) is 48.5 Å². The van der Waals surface area contributed by atoms with E-state index in [0.717, 1.165) is 34.0 Å². The number of carbonyl (C=O) groups is 1. The number of hydrogen-bond donors (Lipinski definition) is 1. The molecule has 152 valence electrons. The van der Waals surface area contributed by atoms with Gasteiger partial charge in [-0.25, -0.2) is 9.67 Å². The van der Waals surface area contributed by atoms with Crippen LogP contribution in [0.3, 0.4) is 0 Å². The van der Waals surface area contributed by atoms with Crippen LogP contribution in [0.4, 0.5) is 0 Å². The molecule has 0 fully saturated rings. The van der Waals surface area contributed by atoms with Crippen LogP contribution in [-0.4, -0.2) is 25.2 Å². The Morgan fingerprint density at radius 1 is 1.03 bits per heavy atom. The fourth-order valence-corrected chi connectivity index (χ4v) is 3.72. The number of benzene rings is 2. The summed E-state index contributed by atoms with van der Waals surface area (Å²) in [4.78, 5) is 17.5. The predicted octanol–water partition coefficient (Wildman–Crippen LogP) is 3.67. The third kappa shape index (κ3) is 3.89. The largest absolute Gasteiger partial charge is 0.342 e. The minimum Gasteiger partial charge on any atom is -0.342 e. The number of aromatic nitrogens is 4. The third-order valence-corrected chi connectivity index (χ3v) is 5.33. The van der Waals surface area contributed by atoms with Gasteiger partial charge in [-0.05, 0) is 31.5 Å².